The van der Waals surface area contributed by atoms with Crippen molar-refractivity contribution in [3.63, 3.8) is 0 Å². The number of aromatic nitrogens is 3. The molecule has 0 aromatic carbocycles. The van der Waals surface area contributed by atoms with Gasteiger partial charge in [0, 0.05) is 13.2 Å². The first-order valence-corrected chi connectivity index (χ1v) is 5.62. The highest BCUT2D eigenvalue weighted by Crippen LogP contribution is 2.20. The molecule has 1 atom stereocenters. The molecular formula is C12H18N4. The van der Waals surface area contributed by atoms with Gasteiger partial charge in [0.05, 0.1) is 6.04 Å². The van der Waals surface area contributed by atoms with Crippen molar-refractivity contribution >= 4 is 11.2 Å². The van der Waals surface area contributed by atoms with Gasteiger partial charge in [-0.25, -0.2) is 9.97 Å². The summed E-state index contributed by atoms with van der Waals surface area (Å²) in [6.45, 7) is 4.33. The smallest absolute Gasteiger partial charge is 0.159 e. The minimum absolute atomic E-state index is 0.0146. The lowest BCUT2D eigenvalue weighted by Gasteiger charge is -2.13. The van der Waals surface area contributed by atoms with Crippen LogP contribution in [0.1, 0.15) is 32.1 Å². The number of rotatable bonds is 3. The fourth-order valence-electron chi connectivity index (χ4n) is 1.99. The zero-order valence-electron chi connectivity index (χ0n) is 10.0. The monoisotopic (exact) mass is 218 g/mol. The van der Waals surface area contributed by atoms with Crippen LogP contribution < -0.4 is 5.73 Å². The second-order valence-corrected chi connectivity index (χ2v) is 4.61. The number of fused-ring (bicyclic) bond motifs is 1. The van der Waals surface area contributed by atoms with Crippen molar-refractivity contribution in [3.05, 3.63) is 24.2 Å². The van der Waals surface area contributed by atoms with Gasteiger partial charge in [-0.1, -0.05) is 13.8 Å². The van der Waals surface area contributed by atoms with Crippen LogP contribution in [0.3, 0.4) is 0 Å². The molecule has 0 bridgehead atoms. The third-order valence-electron chi connectivity index (χ3n) is 2.72. The molecule has 0 unspecified atom stereocenters. The van der Waals surface area contributed by atoms with Crippen molar-refractivity contribution in [2.45, 2.75) is 26.3 Å². The fraction of sp³-hybridized carbons (Fsp3) is 0.500. The van der Waals surface area contributed by atoms with Crippen molar-refractivity contribution in [1.82, 2.24) is 14.5 Å². The molecular weight excluding hydrogens is 200 g/mol. The number of nitrogens with two attached hydrogens (primary N) is 1. The van der Waals surface area contributed by atoms with Gasteiger partial charge in [-0.3, -0.25) is 0 Å². The number of aryl methyl sites for hydroxylation is 1. The molecule has 2 aromatic rings. The van der Waals surface area contributed by atoms with Crippen LogP contribution >= 0.6 is 0 Å². The van der Waals surface area contributed by atoms with Crippen molar-refractivity contribution in [2.75, 3.05) is 0 Å². The zero-order valence-corrected chi connectivity index (χ0v) is 10.0. The van der Waals surface area contributed by atoms with E-state index in [4.69, 9.17) is 5.73 Å². The third-order valence-corrected chi connectivity index (χ3v) is 2.72. The molecule has 4 nitrogen and oxygen atoms in total. The Kier molecular flexibility index (Phi) is 2.92. The maximum absolute atomic E-state index is 6.15. The lowest BCUT2D eigenvalue weighted by atomic mass is 10.0. The first kappa shape index (κ1) is 11.1. The van der Waals surface area contributed by atoms with Gasteiger partial charge in [-0.15, -0.1) is 0 Å². The maximum atomic E-state index is 6.15. The highest BCUT2D eigenvalue weighted by atomic mass is 15.1. The Hall–Kier alpha value is -1.42. The molecule has 16 heavy (non-hydrogen) atoms. The Balaban J connectivity index is 2.41. The van der Waals surface area contributed by atoms with Crippen molar-refractivity contribution < 1.29 is 0 Å². The minimum Gasteiger partial charge on any atom is -0.321 e. The van der Waals surface area contributed by atoms with Crippen LogP contribution in [0.5, 0.6) is 0 Å². The minimum atomic E-state index is -0.0146. The molecule has 2 aromatic heterocycles. The van der Waals surface area contributed by atoms with Crippen LogP contribution in [-0.2, 0) is 7.05 Å². The molecule has 0 radical (unpaired) electrons. The number of pyridine rings is 1. The molecule has 0 saturated heterocycles. The van der Waals surface area contributed by atoms with E-state index in [0.29, 0.717) is 5.92 Å². The van der Waals surface area contributed by atoms with Crippen molar-refractivity contribution in [1.29, 1.82) is 0 Å². The van der Waals surface area contributed by atoms with E-state index in [0.717, 1.165) is 23.4 Å². The molecule has 2 heterocycles. The summed E-state index contributed by atoms with van der Waals surface area (Å²) in [6.07, 6.45) is 2.72. The normalized spacial score (nSPS) is 13.6. The van der Waals surface area contributed by atoms with E-state index in [2.05, 4.69) is 23.8 Å². The maximum Gasteiger partial charge on any atom is 0.159 e. The van der Waals surface area contributed by atoms with E-state index in [1.54, 1.807) is 6.20 Å². The van der Waals surface area contributed by atoms with Gasteiger partial charge in [-0.05, 0) is 24.5 Å². The van der Waals surface area contributed by atoms with Crippen molar-refractivity contribution in [3.8, 4) is 0 Å². The summed E-state index contributed by atoms with van der Waals surface area (Å²) in [4.78, 5) is 8.85. The van der Waals surface area contributed by atoms with Crippen LogP contribution in [0.15, 0.2) is 18.3 Å². The molecule has 0 saturated carbocycles. The summed E-state index contributed by atoms with van der Waals surface area (Å²) in [6, 6.07) is 3.85. The largest absolute Gasteiger partial charge is 0.321 e. The Labute approximate surface area is 95.5 Å². The summed E-state index contributed by atoms with van der Waals surface area (Å²) in [5.74, 6) is 1.49. The van der Waals surface area contributed by atoms with Gasteiger partial charge in [0.1, 0.15) is 11.3 Å². The van der Waals surface area contributed by atoms with E-state index in [-0.39, 0.29) is 6.04 Å². The van der Waals surface area contributed by atoms with Gasteiger partial charge < -0.3 is 10.3 Å². The third kappa shape index (κ3) is 1.93. The van der Waals surface area contributed by atoms with E-state index in [9.17, 15) is 0 Å². The van der Waals surface area contributed by atoms with E-state index in [1.807, 2.05) is 23.7 Å². The van der Waals surface area contributed by atoms with E-state index < -0.39 is 0 Å². The van der Waals surface area contributed by atoms with Crippen LogP contribution in [-0.4, -0.2) is 14.5 Å². The van der Waals surface area contributed by atoms with E-state index >= 15 is 0 Å². The molecule has 2 N–H and O–H groups in total. The molecule has 4 heteroatoms. The van der Waals surface area contributed by atoms with Crippen molar-refractivity contribution in [2.24, 2.45) is 18.7 Å². The Morgan fingerprint density at radius 3 is 2.81 bits per heavy atom. The van der Waals surface area contributed by atoms with Crippen LogP contribution in [0, 0.1) is 5.92 Å². The highest BCUT2D eigenvalue weighted by Gasteiger charge is 2.16. The molecule has 0 aliphatic carbocycles. The Morgan fingerprint density at radius 1 is 1.44 bits per heavy atom. The second kappa shape index (κ2) is 4.22. The number of hydrogen-bond donors (Lipinski definition) is 1. The summed E-state index contributed by atoms with van der Waals surface area (Å²) in [7, 11) is 1.97. The fourth-order valence-corrected chi connectivity index (χ4v) is 1.99. The Morgan fingerprint density at radius 2 is 2.19 bits per heavy atom. The summed E-state index contributed by atoms with van der Waals surface area (Å²) in [5.41, 5.74) is 7.97. The molecule has 86 valence electrons. The van der Waals surface area contributed by atoms with Gasteiger partial charge in [-0.2, -0.15) is 0 Å². The van der Waals surface area contributed by atoms with Gasteiger partial charge in [0.15, 0.2) is 5.65 Å². The lowest BCUT2D eigenvalue weighted by Crippen LogP contribution is -2.17. The topological polar surface area (TPSA) is 56.7 Å². The second-order valence-electron chi connectivity index (χ2n) is 4.61. The molecule has 0 aliphatic heterocycles. The number of hydrogen-bond acceptors (Lipinski definition) is 3. The first-order valence-electron chi connectivity index (χ1n) is 5.62. The molecule has 0 fully saturated rings. The molecule has 0 amide bonds. The van der Waals surface area contributed by atoms with Gasteiger partial charge in [0.25, 0.3) is 0 Å². The summed E-state index contributed by atoms with van der Waals surface area (Å²) < 4.78 is 1.99. The predicted octanol–water partition coefficient (Wildman–Crippen LogP) is 2.01. The van der Waals surface area contributed by atoms with Crippen LogP contribution in [0.2, 0.25) is 0 Å². The zero-order chi connectivity index (χ0) is 11.7. The quantitative estimate of drug-likeness (QED) is 0.857. The van der Waals surface area contributed by atoms with Gasteiger partial charge >= 0.3 is 0 Å². The van der Waals surface area contributed by atoms with Crippen LogP contribution in [0.4, 0.5) is 0 Å². The Bertz CT molecular complexity index is 487. The first-order chi connectivity index (χ1) is 7.59. The standard InChI is InChI=1S/C12H18N4/c1-8(2)7-9(13)11-15-10-5-4-6-14-12(10)16(11)3/h4-6,8-9H,7,13H2,1-3H3/t9-/m0/s1. The predicted molar refractivity (Wildman–Crippen MR) is 64.9 cm³/mol. The highest BCUT2D eigenvalue weighted by molar-refractivity contribution is 5.71. The average Bonchev–Trinajstić information content (AvgIpc) is 2.56. The average molecular weight is 218 g/mol. The SMILES string of the molecule is CC(C)C[C@H](N)c1nc2cccnc2n1C. The number of imidazole rings is 1. The molecule has 0 aliphatic rings. The molecule has 2 rings (SSSR count). The molecule has 0 spiro atoms. The lowest BCUT2D eigenvalue weighted by molar-refractivity contribution is 0.485. The van der Waals surface area contributed by atoms with E-state index in [1.165, 1.54) is 0 Å². The van der Waals surface area contributed by atoms with Crippen LogP contribution in [0.25, 0.3) is 11.2 Å². The summed E-state index contributed by atoms with van der Waals surface area (Å²) in [5, 5.41) is 0. The number of nitrogens with zero attached hydrogens (tertiary/aromatic N) is 3. The van der Waals surface area contributed by atoms with Gasteiger partial charge in [0.2, 0.25) is 0 Å². The summed E-state index contributed by atoms with van der Waals surface area (Å²) >= 11 is 0.